The van der Waals surface area contributed by atoms with Crippen LogP contribution >= 0.6 is 0 Å². The van der Waals surface area contributed by atoms with Crippen molar-refractivity contribution >= 4 is 0 Å². The van der Waals surface area contributed by atoms with Crippen LogP contribution in [-0.2, 0) is 18.9 Å². The number of nitrogens with zero attached hydrogens (tertiary/aromatic N) is 3. The summed E-state index contributed by atoms with van der Waals surface area (Å²) in [6.07, 6.45) is -1.77. The van der Waals surface area contributed by atoms with E-state index in [4.69, 9.17) is 0 Å². The summed E-state index contributed by atoms with van der Waals surface area (Å²) in [5.74, 6) is -4.37. The van der Waals surface area contributed by atoms with Gasteiger partial charge >= 0.3 is 12.0 Å². The first-order valence-corrected chi connectivity index (χ1v) is 11.2. The summed E-state index contributed by atoms with van der Waals surface area (Å²) in [5, 5.41) is 9.29. The Morgan fingerprint density at radius 1 is 0.794 bits per heavy atom. The molecule has 0 saturated carbocycles. The van der Waals surface area contributed by atoms with Crippen molar-refractivity contribution in [2.24, 2.45) is 0 Å². The van der Waals surface area contributed by atoms with Gasteiger partial charge in [-0.3, -0.25) is 14.8 Å². The van der Waals surface area contributed by atoms with Crippen molar-refractivity contribution in [3.63, 3.8) is 0 Å². The second-order valence-corrected chi connectivity index (χ2v) is 8.75. The van der Waals surface area contributed by atoms with Gasteiger partial charge in [0, 0.05) is 57.2 Å². The molecule has 1 atom stereocenters. The molecule has 1 unspecified atom stereocenters. The van der Waals surface area contributed by atoms with Gasteiger partial charge in [-0.15, -0.1) is 0 Å². The molecule has 0 amide bonds. The number of piperazine rings is 1. The summed E-state index contributed by atoms with van der Waals surface area (Å²) < 4.78 is 52.3. The zero-order valence-corrected chi connectivity index (χ0v) is 18.9. The molecular weight excluding hydrogens is 446 g/mol. The third-order valence-corrected chi connectivity index (χ3v) is 6.28. The fourth-order valence-electron chi connectivity index (χ4n) is 4.26. The molecule has 1 N–H and O–H groups in total. The molecule has 4 nitrogen and oxygen atoms in total. The maximum atomic E-state index is 13.9. The van der Waals surface area contributed by atoms with Crippen LogP contribution in [0.1, 0.15) is 22.3 Å². The molecule has 2 heterocycles. The van der Waals surface area contributed by atoms with Crippen LogP contribution < -0.4 is 0 Å². The Hall–Kier alpha value is -2.81. The molecule has 1 fully saturated rings. The van der Waals surface area contributed by atoms with E-state index in [9.17, 15) is 22.7 Å². The van der Waals surface area contributed by atoms with Gasteiger partial charge in [-0.2, -0.15) is 17.6 Å². The number of aryl methyl sites for hydroxylation is 1. The van der Waals surface area contributed by atoms with Crippen LogP contribution in [0.25, 0.3) is 11.1 Å². The summed E-state index contributed by atoms with van der Waals surface area (Å²) in [7, 11) is 0. The first-order chi connectivity index (χ1) is 16.1. The second-order valence-electron chi connectivity index (χ2n) is 8.75. The quantitative estimate of drug-likeness (QED) is 0.509. The molecule has 180 valence electrons. The molecule has 0 bridgehead atoms. The lowest BCUT2D eigenvalue weighted by Crippen LogP contribution is -2.45. The maximum absolute atomic E-state index is 13.9. The highest BCUT2D eigenvalue weighted by Crippen LogP contribution is 2.41. The molecule has 1 aliphatic heterocycles. The highest BCUT2D eigenvalue weighted by Gasteiger charge is 2.56. The van der Waals surface area contributed by atoms with Crippen LogP contribution in [0.4, 0.5) is 17.6 Å². The van der Waals surface area contributed by atoms with E-state index < -0.39 is 17.6 Å². The highest BCUT2D eigenvalue weighted by atomic mass is 19.4. The average Bonchev–Trinajstić information content (AvgIpc) is 2.81. The molecule has 0 radical (unpaired) electrons. The molecule has 2 aromatic carbocycles. The van der Waals surface area contributed by atoms with Gasteiger partial charge in [-0.25, -0.2) is 0 Å². The summed E-state index contributed by atoms with van der Waals surface area (Å²) in [4.78, 5) is 8.89. The Morgan fingerprint density at radius 2 is 1.32 bits per heavy atom. The number of alkyl halides is 4. The molecule has 1 aliphatic rings. The van der Waals surface area contributed by atoms with E-state index in [-0.39, 0.29) is 0 Å². The number of aromatic nitrogens is 1. The monoisotopic (exact) mass is 473 g/mol. The topological polar surface area (TPSA) is 39.6 Å². The van der Waals surface area contributed by atoms with E-state index in [0.717, 1.165) is 62.5 Å². The highest BCUT2D eigenvalue weighted by molar-refractivity contribution is 5.68. The van der Waals surface area contributed by atoms with Crippen LogP contribution in [0, 0.1) is 6.92 Å². The first-order valence-electron chi connectivity index (χ1n) is 11.2. The van der Waals surface area contributed by atoms with Crippen LogP contribution in [0.5, 0.6) is 0 Å². The van der Waals surface area contributed by atoms with Crippen LogP contribution in [-0.4, -0.2) is 52.2 Å². The van der Waals surface area contributed by atoms with Crippen LogP contribution in [0.2, 0.25) is 0 Å². The van der Waals surface area contributed by atoms with Crippen molar-refractivity contribution in [2.75, 3.05) is 26.2 Å². The van der Waals surface area contributed by atoms with Crippen molar-refractivity contribution in [3.8, 4) is 11.1 Å². The largest absolute Gasteiger partial charge is 0.453 e. The van der Waals surface area contributed by atoms with E-state index in [1.54, 1.807) is 6.92 Å². The Kier molecular flexibility index (Phi) is 7.02. The van der Waals surface area contributed by atoms with E-state index in [2.05, 4.69) is 14.8 Å². The number of hydrogen-bond acceptors (Lipinski definition) is 4. The number of aliphatic hydroxyl groups is 1. The summed E-state index contributed by atoms with van der Waals surface area (Å²) in [5.41, 5.74) is 3.56. The van der Waals surface area contributed by atoms with Gasteiger partial charge in [0.15, 0.2) is 0 Å². The van der Waals surface area contributed by atoms with Gasteiger partial charge in [-0.1, -0.05) is 36.4 Å². The van der Waals surface area contributed by atoms with Gasteiger partial charge in [0.1, 0.15) is 0 Å². The normalized spacial score (nSPS) is 17.5. The first kappa shape index (κ1) is 24.3. The Labute approximate surface area is 196 Å². The van der Waals surface area contributed by atoms with Gasteiger partial charge in [0.05, 0.1) is 0 Å². The molecule has 0 spiro atoms. The maximum Gasteiger partial charge on any atom is 0.453 e. The Bertz CT molecular complexity index is 1090. The fourth-order valence-corrected chi connectivity index (χ4v) is 4.26. The van der Waals surface area contributed by atoms with Gasteiger partial charge in [0.25, 0.3) is 0 Å². The van der Waals surface area contributed by atoms with Gasteiger partial charge < -0.3 is 5.11 Å². The molecule has 8 heteroatoms. The minimum absolute atomic E-state index is 0.455. The van der Waals surface area contributed by atoms with E-state index in [1.807, 2.05) is 48.8 Å². The van der Waals surface area contributed by atoms with Gasteiger partial charge in [-0.05, 0) is 52.9 Å². The van der Waals surface area contributed by atoms with Crippen molar-refractivity contribution in [1.29, 1.82) is 0 Å². The molecule has 1 saturated heterocycles. The second kappa shape index (κ2) is 9.82. The van der Waals surface area contributed by atoms with E-state index in [1.165, 1.54) is 11.6 Å². The minimum Gasteiger partial charge on any atom is -0.351 e. The van der Waals surface area contributed by atoms with Crippen LogP contribution in [0.3, 0.4) is 0 Å². The van der Waals surface area contributed by atoms with Crippen LogP contribution in [0.15, 0.2) is 67.0 Å². The third-order valence-electron chi connectivity index (χ3n) is 6.28. The number of rotatable bonds is 6. The smallest absolute Gasteiger partial charge is 0.351 e. The summed E-state index contributed by atoms with van der Waals surface area (Å²) in [6, 6.07) is 15.4. The summed E-state index contributed by atoms with van der Waals surface area (Å²) in [6.45, 7) is 7.27. The number of hydrogen-bond donors (Lipinski definition) is 1. The lowest BCUT2D eigenvalue weighted by Gasteiger charge is -2.34. The summed E-state index contributed by atoms with van der Waals surface area (Å²) >= 11 is 0. The zero-order valence-electron chi connectivity index (χ0n) is 18.9. The lowest BCUT2D eigenvalue weighted by atomic mass is 9.95. The number of pyridine rings is 1. The molecule has 4 rings (SSSR count). The SMILES string of the molecule is Cc1cc(C(O)(F)C(F)(F)F)ccc1-c1ccc(CN2CCN(Cc3ccncc3)CC2)cc1. The zero-order chi connectivity index (χ0) is 24.3. The minimum atomic E-state index is -5.40. The molecular formula is C26H27F4N3O. The Morgan fingerprint density at radius 3 is 1.82 bits per heavy atom. The van der Waals surface area contributed by atoms with E-state index >= 15 is 0 Å². The fraction of sp³-hybridized carbons (Fsp3) is 0.346. The van der Waals surface area contributed by atoms with Crippen molar-refractivity contribution in [2.45, 2.75) is 32.0 Å². The van der Waals surface area contributed by atoms with Crippen molar-refractivity contribution < 1.29 is 22.7 Å². The van der Waals surface area contributed by atoms with Gasteiger partial charge in [0.2, 0.25) is 0 Å². The predicted octanol–water partition coefficient (Wildman–Crippen LogP) is 5.05. The standard InChI is InChI=1S/C26H27F4N3O/c1-19-16-23(25(27,34)26(28,29)30)6-7-24(19)22-4-2-20(3-5-22)17-32-12-14-33(15-13-32)18-21-8-10-31-11-9-21/h2-11,16,34H,12-15,17-18H2,1H3. The molecule has 1 aromatic heterocycles. The number of benzene rings is 2. The lowest BCUT2D eigenvalue weighted by molar-refractivity contribution is -0.323. The molecule has 34 heavy (non-hydrogen) atoms. The van der Waals surface area contributed by atoms with Crippen molar-refractivity contribution in [1.82, 2.24) is 14.8 Å². The predicted molar refractivity (Wildman–Crippen MR) is 122 cm³/mol. The molecule has 0 aliphatic carbocycles. The molecule has 3 aromatic rings. The average molecular weight is 474 g/mol. The van der Waals surface area contributed by atoms with Crippen molar-refractivity contribution in [3.05, 3.63) is 89.2 Å². The third kappa shape index (κ3) is 5.46. The van der Waals surface area contributed by atoms with E-state index in [0.29, 0.717) is 11.1 Å². The Balaban J connectivity index is 1.36. The number of halogens is 4.